The molecule has 138 valence electrons. The molecule has 1 aromatic carbocycles. The molecule has 7 heteroatoms. The van der Waals surface area contributed by atoms with Crippen LogP contribution in [0.1, 0.15) is 26.1 Å². The lowest BCUT2D eigenvalue weighted by molar-refractivity contribution is 0.240. The van der Waals surface area contributed by atoms with Gasteiger partial charge in [0.05, 0.1) is 10.9 Å². The highest BCUT2D eigenvalue weighted by Crippen LogP contribution is 2.29. The van der Waals surface area contributed by atoms with Crippen molar-refractivity contribution in [2.24, 2.45) is 5.41 Å². The van der Waals surface area contributed by atoms with Crippen LogP contribution in [0.2, 0.25) is 0 Å². The van der Waals surface area contributed by atoms with Crippen molar-refractivity contribution in [2.75, 3.05) is 10.6 Å². The van der Waals surface area contributed by atoms with Crippen molar-refractivity contribution in [3.63, 3.8) is 0 Å². The summed E-state index contributed by atoms with van der Waals surface area (Å²) in [5.41, 5.74) is 1.25. The van der Waals surface area contributed by atoms with Crippen LogP contribution < -0.4 is 16.2 Å². The number of nitrogens with one attached hydrogen (secondary N) is 2. The highest BCUT2D eigenvalue weighted by Gasteiger charge is 2.27. The summed E-state index contributed by atoms with van der Waals surface area (Å²) in [5.74, 6) is 1.27. The largest absolute Gasteiger partial charge is 0.324 e. The maximum absolute atomic E-state index is 12.9. The molecule has 0 saturated carbocycles. The van der Waals surface area contributed by atoms with E-state index in [4.69, 9.17) is 0 Å². The fourth-order valence-electron chi connectivity index (χ4n) is 3.37. The number of aromatic nitrogens is 3. The quantitative estimate of drug-likeness (QED) is 0.730. The van der Waals surface area contributed by atoms with E-state index in [2.05, 4.69) is 34.4 Å². The standard InChI is InChI=1S/C20H21N5O2/c1-20(2)9-8-17-23-15-11-13(6-7-14(15)18(26)25(17)12-20)22-19(27)24-16-5-3-4-10-21-16/h3-7,10-11H,8-9,12H2,1-2H3,(H2,21,22,24,27). The van der Waals surface area contributed by atoms with Gasteiger partial charge < -0.3 is 5.32 Å². The molecule has 0 unspecified atom stereocenters. The predicted molar refractivity (Wildman–Crippen MR) is 105 cm³/mol. The van der Waals surface area contributed by atoms with E-state index >= 15 is 0 Å². The number of hydrogen-bond donors (Lipinski definition) is 2. The average molecular weight is 363 g/mol. The van der Waals surface area contributed by atoms with Crippen LogP contribution in [0.4, 0.5) is 16.3 Å². The molecule has 3 aromatic rings. The fraction of sp³-hybridized carbons (Fsp3) is 0.300. The van der Waals surface area contributed by atoms with Crippen LogP contribution in [0, 0.1) is 5.41 Å². The van der Waals surface area contributed by atoms with Gasteiger partial charge in [-0.1, -0.05) is 19.9 Å². The summed E-state index contributed by atoms with van der Waals surface area (Å²) in [6.07, 6.45) is 3.37. The van der Waals surface area contributed by atoms with Crippen LogP contribution >= 0.6 is 0 Å². The van der Waals surface area contributed by atoms with Gasteiger partial charge in [0.25, 0.3) is 5.56 Å². The highest BCUT2D eigenvalue weighted by molar-refractivity contribution is 6.00. The number of urea groups is 1. The van der Waals surface area contributed by atoms with Gasteiger partial charge in [-0.2, -0.15) is 0 Å². The molecule has 0 aliphatic carbocycles. The van der Waals surface area contributed by atoms with Crippen molar-refractivity contribution in [2.45, 2.75) is 33.2 Å². The van der Waals surface area contributed by atoms with Crippen LogP contribution in [-0.2, 0) is 13.0 Å². The van der Waals surface area contributed by atoms with Gasteiger partial charge in [-0.05, 0) is 42.2 Å². The lowest BCUT2D eigenvalue weighted by Crippen LogP contribution is -2.36. The van der Waals surface area contributed by atoms with Gasteiger partial charge in [-0.3, -0.25) is 14.7 Å². The van der Waals surface area contributed by atoms with Gasteiger partial charge in [-0.15, -0.1) is 0 Å². The minimum Gasteiger partial charge on any atom is -0.308 e. The monoisotopic (exact) mass is 363 g/mol. The van der Waals surface area contributed by atoms with Crippen molar-refractivity contribution in [1.82, 2.24) is 14.5 Å². The number of aryl methyl sites for hydroxylation is 1. The Bertz CT molecular complexity index is 1070. The lowest BCUT2D eigenvalue weighted by Gasteiger charge is -2.31. The van der Waals surface area contributed by atoms with Gasteiger partial charge in [0.2, 0.25) is 0 Å². The molecule has 0 bridgehead atoms. The Morgan fingerprint density at radius 3 is 2.81 bits per heavy atom. The highest BCUT2D eigenvalue weighted by atomic mass is 16.2. The topological polar surface area (TPSA) is 88.9 Å². The van der Waals surface area contributed by atoms with Crippen LogP contribution in [0.25, 0.3) is 10.9 Å². The van der Waals surface area contributed by atoms with Crippen molar-refractivity contribution < 1.29 is 4.79 Å². The van der Waals surface area contributed by atoms with E-state index in [1.54, 1.807) is 47.2 Å². The predicted octanol–water partition coefficient (Wildman–Crippen LogP) is 3.41. The summed E-state index contributed by atoms with van der Waals surface area (Å²) in [7, 11) is 0. The Kier molecular flexibility index (Phi) is 4.14. The van der Waals surface area contributed by atoms with Crippen molar-refractivity contribution in [3.8, 4) is 0 Å². The van der Waals surface area contributed by atoms with E-state index in [1.807, 2.05) is 0 Å². The molecule has 0 radical (unpaired) electrons. The average Bonchev–Trinajstić information content (AvgIpc) is 2.63. The minimum atomic E-state index is -0.399. The fourth-order valence-corrected chi connectivity index (χ4v) is 3.37. The van der Waals surface area contributed by atoms with Crippen molar-refractivity contribution >= 4 is 28.4 Å². The smallest absolute Gasteiger partial charge is 0.308 e. The molecule has 2 amide bonds. The van der Waals surface area contributed by atoms with Gasteiger partial charge in [0.1, 0.15) is 11.6 Å². The van der Waals surface area contributed by atoms with Crippen LogP contribution in [0.15, 0.2) is 47.4 Å². The summed E-state index contributed by atoms with van der Waals surface area (Å²) < 4.78 is 1.78. The number of hydrogen-bond acceptors (Lipinski definition) is 4. The van der Waals surface area contributed by atoms with Gasteiger partial charge in [0, 0.05) is 24.8 Å². The van der Waals surface area contributed by atoms with Crippen molar-refractivity contribution in [3.05, 3.63) is 58.8 Å². The Labute approximate surface area is 156 Å². The molecular weight excluding hydrogens is 342 g/mol. The molecule has 0 saturated heterocycles. The molecule has 1 aliphatic rings. The number of fused-ring (bicyclic) bond motifs is 2. The minimum absolute atomic E-state index is 0.0211. The van der Waals surface area contributed by atoms with Gasteiger partial charge in [-0.25, -0.2) is 14.8 Å². The third-order valence-electron chi connectivity index (χ3n) is 4.81. The number of rotatable bonds is 2. The van der Waals surface area contributed by atoms with Crippen LogP contribution in [0.3, 0.4) is 0 Å². The van der Waals surface area contributed by atoms with E-state index in [-0.39, 0.29) is 11.0 Å². The van der Waals surface area contributed by atoms with E-state index in [0.29, 0.717) is 29.0 Å². The van der Waals surface area contributed by atoms with Gasteiger partial charge in [0.15, 0.2) is 0 Å². The SMILES string of the molecule is CC1(C)CCc2nc3cc(NC(=O)Nc4ccccn4)ccc3c(=O)n2C1. The summed E-state index contributed by atoms with van der Waals surface area (Å²) in [6, 6.07) is 10.0. The molecule has 1 aliphatic heterocycles. The number of nitrogens with zero attached hydrogens (tertiary/aromatic N) is 3. The zero-order valence-corrected chi connectivity index (χ0v) is 15.3. The molecule has 0 atom stereocenters. The summed E-state index contributed by atoms with van der Waals surface area (Å²) in [4.78, 5) is 33.7. The molecular formula is C20H21N5O2. The molecule has 2 N–H and O–H groups in total. The lowest BCUT2D eigenvalue weighted by atomic mass is 9.85. The summed E-state index contributed by atoms with van der Waals surface area (Å²) in [5, 5.41) is 5.98. The summed E-state index contributed by atoms with van der Waals surface area (Å²) in [6.45, 7) is 5.01. The first-order chi connectivity index (χ1) is 12.9. The zero-order chi connectivity index (χ0) is 19.0. The summed E-state index contributed by atoms with van der Waals surface area (Å²) >= 11 is 0. The Morgan fingerprint density at radius 1 is 1.19 bits per heavy atom. The zero-order valence-electron chi connectivity index (χ0n) is 15.3. The number of carbonyl (C=O) groups excluding carboxylic acids is 1. The van der Waals surface area contributed by atoms with E-state index in [9.17, 15) is 9.59 Å². The second kappa shape index (κ2) is 6.50. The number of amides is 2. The van der Waals surface area contributed by atoms with Crippen LogP contribution in [0.5, 0.6) is 0 Å². The third kappa shape index (κ3) is 3.53. The molecule has 4 rings (SSSR count). The van der Waals surface area contributed by atoms with E-state index in [1.165, 1.54) is 0 Å². The number of anilines is 2. The first kappa shape index (κ1) is 17.2. The third-order valence-corrected chi connectivity index (χ3v) is 4.81. The second-order valence-corrected chi connectivity index (χ2v) is 7.61. The first-order valence-corrected chi connectivity index (χ1v) is 8.94. The molecule has 3 heterocycles. The molecule has 0 fully saturated rings. The number of benzene rings is 1. The maximum Gasteiger partial charge on any atom is 0.324 e. The Balaban J connectivity index is 1.61. The number of carbonyl (C=O) groups is 1. The first-order valence-electron chi connectivity index (χ1n) is 8.94. The molecule has 27 heavy (non-hydrogen) atoms. The van der Waals surface area contributed by atoms with Crippen molar-refractivity contribution in [1.29, 1.82) is 0 Å². The van der Waals surface area contributed by atoms with E-state index < -0.39 is 6.03 Å². The molecule has 7 nitrogen and oxygen atoms in total. The Morgan fingerprint density at radius 2 is 2.04 bits per heavy atom. The van der Waals surface area contributed by atoms with E-state index in [0.717, 1.165) is 18.7 Å². The molecule has 0 spiro atoms. The van der Waals surface area contributed by atoms with Crippen LogP contribution in [-0.4, -0.2) is 20.6 Å². The normalized spacial score (nSPS) is 15.2. The van der Waals surface area contributed by atoms with Gasteiger partial charge >= 0.3 is 6.03 Å². The maximum atomic E-state index is 12.9. The Hall–Kier alpha value is -3.22. The number of pyridine rings is 1. The molecule has 2 aromatic heterocycles. The second-order valence-electron chi connectivity index (χ2n) is 7.61.